The lowest BCUT2D eigenvalue weighted by Gasteiger charge is -2.36. The number of Topliss-reactive ketones (excluding diaryl/α,β-unsaturated/α-hetero) is 1. The highest BCUT2D eigenvalue weighted by Crippen LogP contribution is 2.49. The largest absolute Gasteiger partial charge is 0.372 e. The van der Waals surface area contributed by atoms with Gasteiger partial charge in [0.05, 0.1) is 24.2 Å². The molecule has 0 saturated carbocycles. The molecule has 7 heteroatoms. The number of rotatable bonds is 5. The molecule has 0 unspecified atom stereocenters. The molecule has 0 radical (unpaired) electrons. The Hall–Kier alpha value is -1.57. The van der Waals surface area contributed by atoms with E-state index in [4.69, 9.17) is 9.73 Å². The first-order chi connectivity index (χ1) is 13.5. The topological polar surface area (TPSA) is 38.7 Å². The highest BCUT2D eigenvalue weighted by molar-refractivity contribution is 9.10. The zero-order chi connectivity index (χ0) is 19.7. The summed E-state index contributed by atoms with van der Waals surface area (Å²) in [6.07, 6.45) is -0.486. The summed E-state index contributed by atoms with van der Waals surface area (Å²) < 4.78 is 34.7. The van der Waals surface area contributed by atoms with E-state index >= 15 is 0 Å². The van der Waals surface area contributed by atoms with Crippen LogP contribution in [0.3, 0.4) is 0 Å². The summed E-state index contributed by atoms with van der Waals surface area (Å²) in [7, 11) is 0. The van der Waals surface area contributed by atoms with Gasteiger partial charge in [-0.1, -0.05) is 46.3 Å². The molecule has 3 atom stereocenters. The fourth-order valence-electron chi connectivity index (χ4n) is 3.84. The van der Waals surface area contributed by atoms with Crippen LogP contribution in [0.1, 0.15) is 22.3 Å². The number of benzene rings is 2. The zero-order valence-corrected chi connectivity index (χ0v) is 17.3. The molecule has 28 heavy (non-hydrogen) atoms. The first-order valence-electron chi connectivity index (χ1n) is 8.96. The van der Waals surface area contributed by atoms with Crippen LogP contribution < -0.4 is 0 Å². The molecule has 1 fully saturated rings. The molecule has 2 heterocycles. The second-order valence-electron chi connectivity index (χ2n) is 6.94. The van der Waals surface area contributed by atoms with Gasteiger partial charge in [0, 0.05) is 27.3 Å². The van der Waals surface area contributed by atoms with Gasteiger partial charge in [-0.2, -0.15) is 0 Å². The molecule has 4 rings (SSSR count). The van der Waals surface area contributed by atoms with E-state index in [1.165, 1.54) is 17.8 Å². The molecule has 1 saturated heterocycles. The summed E-state index contributed by atoms with van der Waals surface area (Å²) in [6, 6.07) is 13.7. The Kier molecular flexibility index (Phi) is 5.67. The average molecular weight is 466 g/mol. The Labute approximate surface area is 174 Å². The van der Waals surface area contributed by atoms with Crippen LogP contribution in [0.5, 0.6) is 0 Å². The molecule has 146 valence electrons. The van der Waals surface area contributed by atoms with Crippen LogP contribution in [0.4, 0.5) is 8.78 Å². The predicted octanol–water partition coefficient (Wildman–Crippen LogP) is 5.19. The maximum atomic E-state index is 14.8. The minimum atomic E-state index is -1.01. The SMILES string of the molecule is O=C(CC1=N[C@]2(c3cc(Br)ccc3F)CO[C@@H](CF)[C@@H]2CS1)c1ccccc1. The van der Waals surface area contributed by atoms with Crippen LogP contribution in [0, 0.1) is 11.7 Å². The van der Waals surface area contributed by atoms with Crippen LogP contribution >= 0.6 is 27.7 Å². The first kappa shape index (κ1) is 19.7. The number of carbonyl (C=O) groups is 1. The zero-order valence-electron chi connectivity index (χ0n) is 14.9. The van der Waals surface area contributed by atoms with E-state index in [9.17, 15) is 13.6 Å². The van der Waals surface area contributed by atoms with Gasteiger partial charge in [-0.25, -0.2) is 8.78 Å². The highest BCUT2D eigenvalue weighted by Gasteiger charge is 2.54. The minimum absolute atomic E-state index is 0.0453. The van der Waals surface area contributed by atoms with E-state index in [0.29, 0.717) is 21.9 Å². The smallest absolute Gasteiger partial charge is 0.169 e. The van der Waals surface area contributed by atoms with Crippen molar-refractivity contribution in [2.45, 2.75) is 18.1 Å². The normalized spacial score (nSPS) is 26.6. The fourth-order valence-corrected chi connectivity index (χ4v) is 5.52. The number of nitrogens with zero attached hydrogens (tertiary/aromatic N) is 1. The quantitative estimate of drug-likeness (QED) is 0.570. The third-order valence-electron chi connectivity index (χ3n) is 5.29. The van der Waals surface area contributed by atoms with Crippen LogP contribution in [0.25, 0.3) is 0 Å². The number of ether oxygens (including phenoxy) is 1. The Morgan fingerprint density at radius 1 is 1.29 bits per heavy atom. The van der Waals surface area contributed by atoms with Crippen molar-refractivity contribution in [3.8, 4) is 0 Å². The van der Waals surface area contributed by atoms with E-state index in [0.717, 1.165) is 4.47 Å². The Bertz CT molecular complexity index is 924. The number of ketones is 1. The Morgan fingerprint density at radius 2 is 2.07 bits per heavy atom. The summed E-state index contributed by atoms with van der Waals surface area (Å²) in [5.41, 5.74) is -0.0185. The number of halogens is 3. The molecule has 2 aromatic carbocycles. The maximum Gasteiger partial charge on any atom is 0.169 e. The molecule has 0 spiro atoms. The number of alkyl halides is 1. The summed E-state index contributed by atoms with van der Waals surface area (Å²) in [4.78, 5) is 17.4. The third kappa shape index (κ3) is 3.55. The van der Waals surface area contributed by atoms with E-state index in [1.54, 1.807) is 24.3 Å². The summed E-state index contributed by atoms with van der Waals surface area (Å²) in [5.74, 6) is -0.208. The molecule has 2 aliphatic heterocycles. The lowest BCUT2D eigenvalue weighted by Crippen LogP contribution is -2.41. The van der Waals surface area contributed by atoms with Gasteiger partial charge in [-0.15, -0.1) is 11.8 Å². The number of thioether (sulfide) groups is 1. The molecular formula is C21H18BrF2NO2S. The Balaban J connectivity index is 1.72. The lowest BCUT2D eigenvalue weighted by molar-refractivity contribution is 0.0721. The van der Waals surface area contributed by atoms with Crippen LogP contribution in [-0.4, -0.2) is 36.0 Å². The number of aliphatic imine (C=N–C) groups is 1. The summed E-state index contributed by atoms with van der Waals surface area (Å²) in [6.45, 7) is -0.542. The highest BCUT2D eigenvalue weighted by atomic mass is 79.9. The molecule has 0 N–H and O–H groups in total. The lowest BCUT2D eigenvalue weighted by atomic mass is 9.79. The number of carbonyl (C=O) groups excluding carboxylic acids is 1. The van der Waals surface area contributed by atoms with Gasteiger partial charge in [-0.05, 0) is 18.2 Å². The van der Waals surface area contributed by atoms with Crippen molar-refractivity contribution in [1.29, 1.82) is 0 Å². The van der Waals surface area contributed by atoms with Crippen LogP contribution in [0.15, 0.2) is 58.0 Å². The van der Waals surface area contributed by atoms with Crippen molar-refractivity contribution in [2.75, 3.05) is 19.0 Å². The van der Waals surface area contributed by atoms with Gasteiger partial charge >= 0.3 is 0 Å². The van der Waals surface area contributed by atoms with Gasteiger partial charge in [-0.3, -0.25) is 9.79 Å². The third-order valence-corrected chi connectivity index (χ3v) is 6.88. The fraction of sp³-hybridized carbons (Fsp3) is 0.333. The van der Waals surface area contributed by atoms with E-state index < -0.39 is 24.1 Å². The molecule has 0 bridgehead atoms. The Morgan fingerprint density at radius 3 is 2.82 bits per heavy atom. The van der Waals surface area contributed by atoms with Gasteiger partial charge < -0.3 is 4.74 Å². The number of fused-ring (bicyclic) bond motifs is 1. The molecule has 2 aliphatic rings. The molecular weight excluding hydrogens is 448 g/mol. The number of hydrogen-bond donors (Lipinski definition) is 0. The standard InChI is InChI=1S/C21H18BrF2NO2S/c22-14-6-7-17(24)15(8-14)21-12-27-19(10-23)16(21)11-28-20(25-21)9-18(26)13-4-2-1-3-5-13/h1-8,16,19H,9-12H2/t16-,19-,21-/m0/s1. The molecule has 3 nitrogen and oxygen atoms in total. The van der Waals surface area contributed by atoms with E-state index in [-0.39, 0.29) is 24.7 Å². The van der Waals surface area contributed by atoms with Crippen LogP contribution in [0.2, 0.25) is 0 Å². The predicted molar refractivity (Wildman–Crippen MR) is 110 cm³/mol. The molecule has 2 aromatic rings. The minimum Gasteiger partial charge on any atom is -0.372 e. The van der Waals surface area contributed by atoms with Crippen molar-refractivity contribution >= 4 is 38.5 Å². The van der Waals surface area contributed by atoms with Crippen molar-refractivity contribution < 1.29 is 18.3 Å². The molecule has 0 aliphatic carbocycles. The van der Waals surface area contributed by atoms with Gasteiger partial charge in [0.2, 0.25) is 0 Å². The average Bonchev–Trinajstić information content (AvgIpc) is 3.09. The summed E-state index contributed by atoms with van der Waals surface area (Å²) in [5, 5.41) is 0.632. The van der Waals surface area contributed by atoms with Crippen molar-refractivity contribution in [3.63, 3.8) is 0 Å². The number of hydrogen-bond acceptors (Lipinski definition) is 4. The molecule has 0 amide bonds. The molecule has 0 aromatic heterocycles. The van der Waals surface area contributed by atoms with Gasteiger partial charge in [0.1, 0.15) is 18.0 Å². The van der Waals surface area contributed by atoms with Gasteiger partial charge in [0.15, 0.2) is 5.78 Å². The van der Waals surface area contributed by atoms with Crippen molar-refractivity contribution in [2.24, 2.45) is 10.9 Å². The van der Waals surface area contributed by atoms with Crippen molar-refractivity contribution in [1.82, 2.24) is 0 Å². The second kappa shape index (κ2) is 8.05. The maximum absolute atomic E-state index is 14.8. The summed E-state index contributed by atoms with van der Waals surface area (Å²) >= 11 is 4.82. The second-order valence-corrected chi connectivity index (χ2v) is 8.95. The van der Waals surface area contributed by atoms with Gasteiger partial charge in [0.25, 0.3) is 0 Å². The van der Waals surface area contributed by atoms with E-state index in [2.05, 4.69) is 15.9 Å². The van der Waals surface area contributed by atoms with E-state index in [1.807, 2.05) is 18.2 Å². The van der Waals surface area contributed by atoms with Crippen LogP contribution in [-0.2, 0) is 10.3 Å². The van der Waals surface area contributed by atoms with Crippen molar-refractivity contribution in [3.05, 3.63) is 69.9 Å². The monoisotopic (exact) mass is 465 g/mol. The first-order valence-corrected chi connectivity index (χ1v) is 10.7.